The molecule has 2 rings (SSSR count). The van der Waals surface area contributed by atoms with E-state index in [-0.39, 0.29) is 19.4 Å². The van der Waals surface area contributed by atoms with Gasteiger partial charge in [0.05, 0.1) is 18.7 Å². The van der Waals surface area contributed by atoms with E-state index in [2.05, 4.69) is 27.1 Å². The Bertz CT molecular complexity index is 1080. The number of thioether (sulfide) groups is 1. The summed E-state index contributed by atoms with van der Waals surface area (Å²) in [6.45, 7) is -0.872. The molecule has 35 heavy (non-hydrogen) atoms. The van der Waals surface area contributed by atoms with Gasteiger partial charge in [0.15, 0.2) is 5.16 Å². The summed E-state index contributed by atoms with van der Waals surface area (Å²) in [5, 5.41) is 12.7. The van der Waals surface area contributed by atoms with Crippen LogP contribution in [0.3, 0.4) is 0 Å². The number of nitrogens with one attached hydrogen (secondary N) is 1. The normalized spacial score (nSPS) is 11.0. The molecule has 10 nitrogen and oxygen atoms in total. The van der Waals surface area contributed by atoms with Crippen LogP contribution in [-0.4, -0.2) is 69.1 Å². The second kappa shape index (κ2) is 14.5. The molecule has 1 aromatic heterocycles. The number of unbranched alkanes of at least 4 members (excludes halogenated alkanes) is 1. The van der Waals surface area contributed by atoms with Crippen LogP contribution in [0, 0.1) is 11.8 Å². The molecule has 1 heterocycles. The fourth-order valence-electron chi connectivity index (χ4n) is 3.04. The van der Waals surface area contributed by atoms with Crippen molar-refractivity contribution in [3.63, 3.8) is 0 Å². The summed E-state index contributed by atoms with van der Waals surface area (Å²) in [5.41, 5.74) is 6.52. The highest BCUT2D eigenvalue weighted by molar-refractivity contribution is 7.98. The number of aliphatic carboxylic acids is 1. The number of carboxylic acid groups (broad SMARTS) is 1. The van der Waals surface area contributed by atoms with Gasteiger partial charge < -0.3 is 16.2 Å². The number of carboxylic acids is 1. The average Bonchev–Trinajstić information content (AvgIpc) is 2.87. The van der Waals surface area contributed by atoms with Gasteiger partial charge in [-0.2, -0.15) is 0 Å². The monoisotopic (exact) mass is 497 g/mol. The zero-order valence-corrected chi connectivity index (χ0v) is 20.1. The third-order valence-corrected chi connectivity index (χ3v) is 5.34. The third-order valence-electron chi connectivity index (χ3n) is 4.76. The summed E-state index contributed by atoms with van der Waals surface area (Å²) in [4.78, 5) is 58.3. The molecular formula is C24H27N5O5S. The van der Waals surface area contributed by atoms with Crippen molar-refractivity contribution in [3.05, 3.63) is 53.9 Å². The van der Waals surface area contributed by atoms with E-state index in [0.717, 1.165) is 0 Å². The number of nitrogens with two attached hydrogens (primary N) is 1. The molecule has 0 saturated carbocycles. The molecule has 4 N–H and O–H groups in total. The number of carbonyl (C=O) groups excluding carboxylic acids is 3. The first-order chi connectivity index (χ1) is 16.8. The molecule has 184 valence electrons. The molecule has 0 aliphatic heterocycles. The lowest BCUT2D eigenvalue weighted by molar-refractivity contribution is -0.158. The smallest absolute Gasteiger partial charge is 0.327 e. The van der Waals surface area contributed by atoms with Crippen LogP contribution in [0.1, 0.15) is 30.4 Å². The minimum absolute atomic E-state index is 0.0651. The van der Waals surface area contributed by atoms with Crippen LogP contribution in [0.15, 0.2) is 47.9 Å². The molecular weight excluding hydrogens is 470 g/mol. The maximum Gasteiger partial charge on any atom is 0.327 e. The Morgan fingerprint density at radius 1 is 1.14 bits per heavy atom. The van der Waals surface area contributed by atoms with Crippen LogP contribution in [0.2, 0.25) is 0 Å². The highest BCUT2D eigenvalue weighted by Crippen LogP contribution is 2.13. The lowest BCUT2D eigenvalue weighted by Gasteiger charge is -2.27. The van der Waals surface area contributed by atoms with Gasteiger partial charge in [-0.3, -0.25) is 19.3 Å². The summed E-state index contributed by atoms with van der Waals surface area (Å²) in [7, 11) is 0. The van der Waals surface area contributed by atoms with Crippen LogP contribution in [-0.2, 0) is 25.6 Å². The average molecular weight is 498 g/mol. The summed E-state index contributed by atoms with van der Waals surface area (Å²) in [6.07, 6.45) is 5.58. The molecule has 1 atom stereocenters. The van der Waals surface area contributed by atoms with Crippen molar-refractivity contribution in [1.82, 2.24) is 20.2 Å². The third kappa shape index (κ3) is 9.19. The topological polar surface area (TPSA) is 156 Å². The van der Waals surface area contributed by atoms with Crippen LogP contribution < -0.4 is 11.1 Å². The van der Waals surface area contributed by atoms with Gasteiger partial charge in [0.25, 0.3) is 0 Å². The second-order valence-electron chi connectivity index (χ2n) is 7.30. The van der Waals surface area contributed by atoms with Crippen molar-refractivity contribution in [2.45, 2.75) is 36.9 Å². The summed E-state index contributed by atoms with van der Waals surface area (Å²) in [5.74, 6) is 2.43. The van der Waals surface area contributed by atoms with Gasteiger partial charge in [0, 0.05) is 31.7 Å². The first-order valence-electron chi connectivity index (χ1n) is 10.8. The fourth-order valence-corrected chi connectivity index (χ4v) is 3.36. The maximum absolute atomic E-state index is 13.0. The van der Waals surface area contributed by atoms with Crippen molar-refractivity contribution >= 4 is 35.5 Å². The van der Waals surface area contributed by atoms with Crippen molar-refractivity contribution < 1.29 is 24.3 Å². The lowest BCUT2D eigenvalue weighted by atomic mass is 10.0. The minimum atomic E-state index is -1.43. The van der Waals surface area contributed by atoms with Gasteiger partial charge in [0.2, 0.25) is 17.7 Å². The molecule has 0 saturated heterocycles. The molecule has 0 bridgehead atoms. The number of carbonyl (C=O) groups is 4. The zero-order valence-electron chi connectivity index (χ0n) is 19.3. The van der Waals surface area contributed by atoms with E-state index in [4.69, 9.17) is 5.73 Å². The standard InChI is InChI=1S/C24H27N5O5S/c1-35-24-27-14-18(15-28-24)10-6-3-7-11-21(31)29(22(32)16-26-20(30)13-25)19(23(33)34)12-17-8-4-2-5-9-17/h2,4-5,8-9,14-15,19H,3,7,11-13,16,25H2,1H3,(H,26,30)(H,33,34)/t19-/m0/s1. The van der Waals surface area contributed by atoms with Gasteiger partial charge in [-0.05, 0) is 18.2 Å². The zero-order chi connectivity index (χ0) is 25.6. The Kier molecular flexibility index (Phi) is 11.4. The fraction of sp³-hybridized carbons (Fsp3) is 0.333. The van der Waals surface area contributed by atoms with Crippen LogP contribution in [0.4, 0.5) is 0 Å². The molecule has 2 aromatic rings. The Hall–Kier alpha value is -3.75. The van der Waals surface area contributed by atoms with E-state index >= 15 is 0 Å². The van der Waals surface area contributed by atoms with Gasteiger partial charge in [-0.25, -0.2) is 14.8 Å². The quantitative estimate of drug-likeness (QED) is 0.177. The summed E-state index contributed by atoms with van der Waals surface area (Å²) < 4.78 is 0. The highest BCUT2D eigenvalue weighted by atomic mass is 32.2. The van der Waals surface area contributed by atoms with E-state index < -0.39 is 36.3 Å². The Labute approximate surface area is 207 Å². The molecule has 0 radical (unpaired) electrons. The first-order valence-corrected chi connectivity index (χ1v) is 12.0. The van der Waals surface area contributed by atoms with Crippen LogP contribution in [0.25, 0.3) is 0 Å². The maximum atomic E-state index is 13.0. The minimum Gasteiger partial charge on any atom is -0.480 e. The SMILES string of the molecule is CSc1ncc(C#CCCCC(=O)N(C(=O)CNC(=O)CN)[C@@H](Cc2ccccc2)C(=O)O)cn1. The largest absolute Gasteiger partial charge is 0.480 e. The molecule has 0 fully saturated rings. The van der Waals surface area contributed by atoms with E-state index in [9.17, 15) is 24.3 Å². The molecule has 11 heteroatoms. The number of aromatic nitrogens is 2. The van der Waals surface area contributed by atoms with Gasteiger partial charge in [-0.1, -0.05) is 53.9 Å². The van der Waals surface area contributed by atoms with Gasteiger partial charge >= 0.3 is 5.97 Å². The van der Waals surface area contributed by atoms with Gasteiger partial charge in [-0.15, -0.1) is 0 Å². The van der Waals surface area contributed by atoms with Crippen molar-refractivity contribution in [2.75, 3.05) is 19.3 Å². The lowest BCUT2D eigenvalue weighted by Crippen LogP contribution is -2.53. The van der Waals surface area contributed by atoms with E-state index in [1.807, 2.05) is 6.26 Å². The molecule has 0 aliphatic rings. The number of imide groups is 1. The highest BCUT2D eigenvalue weighted by Gasteiger charge is 2.34. The second-order valence-corrected chi connectivity index (χ2v) is 8.07. The molecule has 3 amide bonds. The Morgan fingerprint density at radius 2 is 1.83 bits per heavy atom. The van der Waals surface area contributed by atoms with Crippen molar-refractivity contribution in [3.8, 4) is 11.8 Å². The molecule has 0 unspecified atom stereocenters. The number of benzene rings is 1. The number of hydrogen-bond donors (Lipinski definition) is 3. The summed E-state index contributed by atoms with van der Waals surface area (Å²) >= 11 is 1.42. The van der Waals surface area contributed by atoms with Crippen molar-refractivity contribution in [2.24, 2.45) is 5.73 Å². The molecule has 0 aliphatic carbocycles. The number of amides is 3. The number of hydrogen-bond acceptors (Lipinski definition) is 8. The van der Waals surface area contributed by atoms with E-state index in [0.29, 0.717) is 34.0 Å². The molecule has 0 spiro atoms. The van der Waals surface area contributed by atoms with Crippen LogP contribution >= 0.6 is 11.8 Å². The first kappa shape index (κ1) is 27.5. The predicted molar refractivity (Wildman–Crippen MR) is 130 cm³/mol. The van der Waals surface area contributed by atoms with E-state index in [1.54, 1.807) is 42.7 Å². The van der Waals surface area contributed by atoms with Crippen molar-refractivity contribution in [1.29, 1.82) is 0 Å². The molecule has 1 aromatic carbocycles. The Balaban J connectivity index is 2.09. The van der Waals surface area contributed by atoms with Gasteiger partial charge in [0.1, 0.15) is 6.04 Å². The van der Waals surface area contributed by atoms with E-state index in [1.165, 1.54) is 11.8 Å². The number of rotatable bonds is 11. The predicted octanol–water partition coefficient (Wildman–Crippen LogP) is 0.846. The Morgan fingerprint density at radius 3 is 2.43 bits per heavy atom. The summed E-state index contributed by atoms with van der Waals surface area (Å²) in [6, 6.07) is 7.25. The number of nitrogens with zero attached hydrogens (tertiary/aromatic N) is 3. The van der Waals surface area contributed by atoms with Crippen LogP contribution in [0.5, 0.6) is 0 Å².